The Balaban J connectivity index is 2.56. The zero-order chi connectivity index (χ0) is 12.7. The maximum absolute atomic E-state index is 9.77. The van der Waals surface area contributed by atoms with Crippen LogP contribution in [0.25, 0.3) is 0 Å². The fraction of sp³-hybridized carbons (Fsp3) is 0.429. The molecular weight excluding hydrogens is 216 g/mol. The van der Waals surface area contributed by atoms with Gasteiger partial charge in [-0.3, -0.25) is 0 Å². The summed E-state index contributed by atoms with van der Waals surface area (Å²) in [7, 11) is 0. The summed E-state index contributed by atoms with van der Waals surface area (Å²) in [6.07, 6.45) is 1.35. The topological polar surface area (TPSA) is 49.7 Å². The highest BCUT2D eigenvalue weighted by Crippen LogP contribution is 2.10. The van der Waals surface area contributed by atoms with Crippen LogP contribution in [0.2, 0.25) is 0 Å². The van der Waals surface area contributed by atoms with E-state index in [-0.39, 0.29) is 0 Å². The van der Waals surface area contributed by atoms with E-state index >= 15 is 0 Å². The average molecular weight is 236 g/mol. The minimum atomic E-state index is -0.907. The van der Waals surface area contributed by atoms with Crippen molar-refractivity contribution < 1.29 is 14.9 Å². The Morgan fingerprint density at radius 3 is 2.41 bits per heavy atom. The van der Waals surface area contributed by atoms with Gasteiger partial charge < -0.3 is 14.9 Å². The van der Waals surface area contributed by atoms with Gasteiger partial charge in [-0.25, -0.2) is 0 Å². The van der Waals surface area contributed by atoms with E-state index in [2.05, 4.69) is 0 Å². The van der Waals surface area contributed by atoms with E-state index in [0.29, 0.717) is 6.61 Å². The van der Waals surface area contributed by atoms with E-state index in [1.165, 1.54) is 0 Å². The van der Waals surface area contributed by atoms with Gasteiger partial charge in [0.15, 0.2) is 0 Å². The molecule has 3 atom stereocenters. The molecule has 3 nitrogen and oxygen atoms in total. The highest BCUT2D eigenvalue weighted by atomic mass is 16.5. The van der Waals surface area contributed by atoms with Crippen LogP contribution in [0.5, 0.6) is 0 Å². The Hall–Kier alpha value is -1.16. The van der Waals surface area contributed by atoms with E-state index in [1.54, 1.807) is 19.1 Å². The highest BCUT2D eigenvalue weighted by molar-refractivity contribution is 5.13. The van der Waals surface area contributed by atoms with Gasteiger partial charge in [-0.1, -0.05) is 42.5 Å². The molecule has 0 saturated carbocycles. The standard InChI is InChI=1S/C14H20O3/c1-3-7-13(14(16)11(2)15)17-10-12-8-5-4-6-9-12/h3-9,11,13-16H,10H2,1-2H3/b7-3+/t11?,13-,14-/m0/s1. The van der Waals surface area contributed by atoms with Crippen LogP contribution in [0.15, 0.2) is 42.5 Å². The van der Waals surface area contributed by atoms with Crippen molar-refractivity contribution >= 4 is 0 Å². The van der Waals surface area contributed by atoms with Crippen LogP contribution in [-0.4, -0.2) is 28.5 Å². The van der Waals surface area contributed by atoms with Crippen LogP contribution in [0, 0.1) is 0 Å². The van der Waals surface area contributed by atoms with Gasteiger partial charge in [0.25, 0.3) is 0 Å². The number of allylic oxidation sites excluding steroid dienone is 1. The lowest BCUT2D eigenvalue weighted by Gasteiger charge is -2.22. The molecule has 3 heteroatoms. The Morgan fingerprint density at radius 1 is 1.24 bits per heavy atom. The van der Waals surface area contributed by atoms with Crippen molar-refractivity contribution in [2.24, 2.45) is 0 Å². The Bertz CT molecular complexity index is 333. The van der Waals surface area contributed by atoms with Crippen molar-refractivity contribution in [1.82, 2.24) is 0 Å². The van der Waals surface area contributed by atoms with Crippen LogP contribution in [-0.2, 0) is 11.3 Å². The number of aliphatic hydroxyl groups excluding tert-OH is 2. The summed E-state index contributed by atoms with van der Waals surface area (Å²) >= 11 is 0. The number of hydrogen-bond donors (Lipinski definition) is 2. The van der Waals surface area contributed by atoms with Gasteiger partial charge in [0.05, 0.1) is 12.7 Å². The molecule has 94 valence electrons. The molecule has 0 aliphatic carbocycles. The average Bonchev–Trinajstić information content (AvgIpc) is 2.34. The Kier molecular flexibility index (Phi) is 5.91. The van der Waals surface area contributed by atoms with Crippen molar-refractivity contribution in [2.45, 2.75) is 38.8 Å². The molecule has 0 radical (unpaired) electrons. The summed E-state index contributed by atoms with van der Waals surface area (Å²) in [5.74, 6) is 0. The molecular formula is C14H20O3. The minimum absolute atomic E-state index is 0.416. The predicted octanol–water partition coefficient (Wildman–Crippen LogP) is 1.89. The fourth-order valence-corrected chi connectivity index (χ4v) is 1.50. The molecule has 0 aliphatic heterocycles. The smallest absolute Gasteiger partial charge is 0.109 e. The van der Waals surface area contributed by atoms with Gasteiger partial charge in [0, 0.05) is 0 Å². The van der Waals surface area contributed by atoms with Crippen LogP contribution < -0.4 is 0 Å². The van der Waals surface area contributed by atoms with Gasteiger partial charge >= 0.3 is 0 Å². The van der Waals surface area contributed by atoms with Crippen LogP contribution >= 0.6 is 0 Å². The number of ether oxygens (including phenoxy) is 1. The predicted molar refractivity (Wildman–Crippen MR) is 67.5 cm³/mol. The van der Waals surface area contributed by atoms with E-state index < -0.39 is 18.3 Å². The lowest BCUT2D eigenvalue weighted by Crippen LogP contribution is -2.36. The number of rotatable bonds is 6. The fourth-order valence-electron chi connectivity index (χ4n) is 1.50. The summed E-state index contributed by atoms with van der Waals surface area (Å²) in [6, 6.07) is 9.74. The quantitative estimate of drug-likeness (QED) is 0.742. The number of aliphatic hydroxyl groups is 2. The second kappa shape index (κ2) is 7.22. The first-order valence-electron chi connectivity index (χ1n) is 5.79. The van der Waals surface area contributed by atoms with E-state index in [1.807, 2.05) is 37.3 Å². The Labute approximate surface area is 102 Å². The molecule has 0 amide bonds. The molecule has 1 unspecified atom stereocenters. The maximum Gasteiger partial charge on any atom is 0.109 e. The van der Waals surface area contributed by atoms with Gasteiger partial charge in [0.2, 0.25) is 0 Å². The first-order valence-corrected chi connectivity index (χ1v) is 5.79. The third-order valence-electron chi connectivity index (χ3n) is 2.50. The van der Waals surface area contributed by atoms with Crippen molar-refractivity contribution in [3.63, 3.8) is 0 Å². The molecule has 1 aromatic rings. The van der Waals surface area contributed by atoms with Crippen molar-refractivity contribution in [3.8, 4) is 0 Å². The summed E-state index contributed by atoms with van der Waals surface area (Å²) in [4.78, 5) is 0. The first kappa shape index (κ1) is 13.9. The second-order valence-electron chi connectivity index (χ2n) is 4.02. The SMILES string of the molecule is C/C=C/[C@H](OCc1ccccc1)[C@@H](O)C(C)O. The molecule has 0 aliphatic rings. The molecule has 0 heterocycles. The van der Waals surface area contributed by atoms with E-state index in [0.717, 1.165) is 5.56 Å². The van der Waals surface area contributed by atoms with Gasteiger partial charge in [-0.2, -0.15) is 0 Å². The van der Waals surface area contributed by atoms with Crippen LogP contribution in [0.3, 0.4) is 0 Å². The van der Waals surface area contributed by atoms with Gasteiger partial charge in [-0.15, -0.1) is 0 Å². The normalized spacial score (nSPS) is 16.9. The molecule has 1 aromatic carbocycles. The molecule has 0 bridgehead atoms. The highest BCUT2D eigenvalue weighted by Gasteiger charge is 2.21. The summed E-state index contributed by atoms with van der Waals surface area (Å²) < 4.78 is 5.59. The van der Waals surface area contributed by atoms with Crippen LogP contribution in [0.1, 0.15) is 19.4 Å². The summed E-state index contributed by atoms with van der Waals surface area (Å²) in [5, 5.41) is 19.1. The largest absolute Gasteiger partial charge is 0.391 e. The molecule has 0 aromatic heterocycles. The van der Waals surface area contributed by atoms with Crippen molar-refractivity contribution in [1.29, 1.82) is 0 Å². The third-order valence-corrected chi connectivity index (χ3v) is 2.50. The lowest BCUT2D eigenvalue weighted by molar-refractivity contribution is -0.0693. The molecule has 2 N–H and O–H groups in total. The zero-order valence-electron chi connectivity index (χ0n) is 10.3. The minimum Gasteiger partial charge on any atom is -0.391 e. The monoisotopic (exact) mass is 236 g/mol. The molecule has 0 saturated heterocycles. The van der Waals surface area contributed by atoms with E-state index in [4.69, 9.17) is 4.74 Å². The van der Waals surface area contributed by atoms with Crippen LogP contribution in [0.4, 0.5) is 0 Å². The third kappa shape index (κ3) is 4.69. The molecule has 0 spiro atoms. The lowest BCUT2D eigenvalue weighted by atomic mass is 10.1. The maximum atomic E-state index is 9.77. The number of hydrogen-bond acceptors (Lipinski definition) is 3. The zero-order valence-corrected chi connectivity index (χ0v) is 10.3. The molecule has 17 heavy (non-hydrogen) atoms. The van der Waals surface area contributed by atoms with Crippen molar-refractivity contribution in [3.05, 3.63) is 48.0 Å². The van der Waals surface area contributed by atoms with Gasteiger partial charge in [-0.05, 0) is 19.4 Å². The van der Waals surface area contributed by atoms with Crippen molar-refractivity contribution in [2.75, 3.05) is 0 Å². The first-order chi connectivity index (χ1) is 8.15. The summed E-state index contributed by atoms with van der Waals surface area (Å²) in [5.41, 5.74) is 1.04. The van der Waals surface area contributed by atoms with Gasteiger partial charge in [0.1, 0.15) is 12.2 Å². The Morgan fingerprint density at radius 2 is 1.88 bits per heavy atom. The molecule has 0 fully saturated rings. The summed E-state index contributed by atoms with van der Waals surface area (Å²) in [6.45, 7) is 3.82. The second-order valence-corrected chi connectivity index (χ2v) is 4.02. The number of benzene rings is 1. The molecule has 1 rings (SSSR count). The van der Waals surface area contributed by atoms with E-state index in [9.17, 15) is 10.2 Å².